The number of rotatable bonds is 33. The number of nitrogens with zero attached hydrogens (tertiary/aromatic N) is 1. The van der Waals surface area contributed by atoms with E-state index in [0.717, 1.165) is 26.0 Å². The molecule has 1 N–H and O–H groups in total. The fraction of sp³-hybridized carbons (Fsp3) is 0.938. The number of unbranched alkanes of at least 4 members (excludes halogenated alkanes) is 12. The van der Waals surface area contributed by atoms with Crippen molar-refractivity contribution in [2.24, 2.45) is 0 Å². The van der Waals surface area contributed by atoms with Gasteiger partial charge in [0.05, 0.1) is 65.6 Å². The average Bonchev–Trinajstić information content (AvgIpc) is 2.93. The molecule has 0 aromatic carbocycles. The summed E-state index contributed by atoms with van der Waals surface area (Å²) in [5.74, 6) is 0. The molecular weight excluding hydrogens is 494 g/mol. The lowest BCUT2D eigenvalue weighted by Gasteiger charge is -2.20. The molecule has 0 aromatic heterocycles. The van der Waals surface area contributed by atoms with Gasteiger partial charge in [0.25, 0.3) is 0 Å². The van der Waals surface area contributed by atoms with Crippen LogP contribution in [0.3, 0.4) is 0 Å². The Morgan fingerprint density at radius 2 is 1.08 bits per heavy atom. The van der Waals surface area contributed by atoms with Gasteiger partial charge in [0, 0.05) is 13.2 Å². The van der Waals surface area contributed by atoms with E-state index in [1.165, 1.54) is 83.5 Å². The third kappa shape index (κ3) is 33.6. The smallest absolute Gasteiger partial charge is 0.0820 e. The molecule has 0 saturated heterocycles. The first kappa shape index (κ1) is 38.5. The SMILES string of the molecule is CCCCCCCC/C=C\CCCCCCCCOC(CCN(C)C)COCCOCCOCCOCCO. The summed E-state index contributed by atoms with van der Waals surface area (Å²) in [6, 6.07) is 0. The Labute approximate surface area is 241 Å². The molecule has 0 rings (SSSR count). The molecule has 0 saturated carbocycles. The lowest BCUT2D eigenvalue weighted by molar-refractivity contribution is -0.0431. The van der Waals surface area contributed by atoms with Gasteiger partial charge in [-0.2, -0.15) is 0 Å². The molecule has 0 radical (unpaired) electrons. The van der Waals surface area contributed by atoms with Crippen LogP contribution in [0, 0.1) is 0 Å². The predicted molar refractivity (Wildman–Crippen MR) is 163 cm³/mol. The lowest BCUT2D eigenvalue weighted by atomic mass is 10.1. The van der Waals surface area contributed by atoms with Gasteiger partial charge in [0.1, 0.15) is 0 Å². The zero-order valence-corrected chi connectivity index (χ0v) is 26.1. The summed E-state index contributed by atoms with van der Waals surface area (Å²) >= 11 is 0. The largest absolute Gasteiger partial charge is 0.394 e. The highest BCUT2D eigenvalue weighted by atomic mass is 16.6. The van der Waals surface area contributed by atoms with Gasteiger partial charge < -0.3 is 33.7 Å². The Kier molecular flexibility index (Phi) is 33.2. The highest BCUT2D eigenvalue weighted by molar-refractivity contribution is 4.81. The summed E-state index contributed by atoms with van der Waals surface area (Å²) < 4.78 is 28.1. The van der Waals surface area contributed by atoms with Crippen molar-refractivity contribution in [1.29, 1.82) is 0 Å². The van der Waals surface area contributed by atoms with Gasteiger partial charge in [-0.1, -0.05) is 76.9 Å². The maximum absolute atomic E-state index is 8.63. The number of ether oxygens (including phenoxy) is 5. The first-order valence-electron chi connectivity index (χ1n) is 16.0. The van der Waals surface area contributed by atoms with Gasteiger partial charge in [-0.25, -0.2) is 0 Å². The fourth-order valence-electron chi connectivity index (χ4n) is 4.16. The number of hydrogen-bond acceptors (Lipinski definition) is 7. The molecule has 7 heteroatoms. The third-order valence-corrected chi connectivity index (χ3v) is 6.56. The Balaban J connectivity index is 3.60. The van der Waals surface area contributed by atoms with Gasteiger partial charge in [0.15, 0.2) is 0 Å². The number of aliphatic hydroxyl groups is 1. The molecule has 0 aromatic rings. The zero-order valence-electron chi connectivity index (χ0n) is 26.1. The monoisotopic (exact) mass is 559 g/mol. The van der Waals surface area contributed by atoms with Crippen LogP contribution in [0.25, 0.3) is 0 Å². The molecule has 1 unspecified atom stereocenters. The maximum atomic E-state index is 8.63. The van der Waals surface area contributed by atoms with Crippen molar-refractivity contribution in [3.05, 3.63) is 12.2 Å². The Morgan fingerprint density at radius 1 is 0.590 bits per heavy atom. The Bertz CT molecular complexity index is 478. The van der Waals surface area contributed by atoms with E-state index in [-0.39, 0.29) is 12.7 Å². The summed E-state index contributed by atoms with van der Waals surface area (Å²) in [6.45, 7) is 8.31. The van der Waals surface area contributed by atoms with Crippen molar-refractivity contribution in [3.63, 3.8) is 0 Å². The lowest BCUT2D eigenvalue weighted by Crippen LogP contribution is -2.27. The fourth-order valence-corrected chi connectivity index (χ4v) is 4.16. The molecule has 0 bridgehead atoms. The van der Waals surface area contributed by atoms with Crippen molar-refractivity contribution in [2.75, 3.05) is 86.7 Å². The van der Waals surface area contributed by atoms with E-state index in [1.807, 2.05) is 0 Å². The minimum atomic E-state index is 0.0437. The molecule has 0 aliphatic carbocycles. The minimum absolute atomic E-state index is 0.0437. The first-order valence-corrected chi connectivity index (χ1v) is 16.0. The molecule has 234 valence electrons. The van der Waals surface area contributed by atoms with Crippen molar-refractivity contribution < 1.29 is 28.8 Å². The van der Waals surface area contributed by atoms with Crippen LogP contribution in [0.4, 0.5) is 0 Å². The van der Waals surface area contributed by atoms with Crippen LogP contribution in [0.2, 0.25) is 0 Å². The highest BCUT2D eigenvalue weighted by Crippen LogP contribution is 2.11. The molecule has 0 spiro atoms. The van der Waals surface area contributed by atoms with Crippen molar-refractivity contribution >= 4 is 0 Å². The normalized spacial score (nSPS) is 12.7. The summed E-state index contributed by atoms with van der Waals surface area (Å²) in [5.41, 5.74) is 0. The molecule has 0 heterocycles. The van der Waals surface area contributed by atoms with Gasteiger partial charge in [-0.05, 0) is 52.6 Å². The Hall–Kier alpha value is -0.540. The van der Waals surface area contributed by atoms with Gasteiger partial charge in [-0.15, -0.1) is 0 Å². The van der Waals surface area contributed by atoms with Gasteiger partial charge in [0.2, 0.25) is 0 Å². The Morgan fingerprint density at radius 3 is 1.62 bits per heavy atom. The van der Waals surface area contributed by atoms with Crippen molar-refractivity contribution in [2.45, 2.75) is 109 Å². The van der Waals surface area contributed by atoms with Crippen LogP contribution in [0.1, 0.15) is 103 Å². The molecule has 39 heavy (non-hydrogen) atoms. The summed E-state index contributed by atoms with van der Waals surface area (Å²) in [7, 11) is 4.19. The first-order chi connectivity index (χ1) is 19.2. The van der Waals surface area contributed by atoms with Crippen LogP contribution in [0.5, 0.6) is 0 Å². The van der Waals surface area contributed by atoms with E-state index in [2.05, 4.69) is 38.1 Å². The van der Waals surface area contributed by atoms with Crippen LogP contribution in [-0.4, -0.2) is 103 Å². The van der Waals surface area contributed by atoms with Crippen LogP contribution < -0.4 is 0 Å². The quantitative estimate of drug-likeness (QED) is 0.0735. The van der Waals surface area contributed by atoms with Crippen LogP contribution in [0.15, 0.2) is 12.2 Å². The predicted octanol–water partition coefficient (Wildman–Crippen LogP) is 6.42. The van der Waals surface area contributed by atoms with E-state index in [9.17, 15) is 0 Å². The molecule has 0 aliphatic heterocycles. The number of allylic oxidation sites excluding steroid dienone is 2. The second-order valence-corrected chi connectivity index (χ2v) is 10.7. The van der Waals surface area contributed by atoms with E-state index in [1.54, 1.807) is 0 Å². The van der Waals surface area contributed by atoms with Gasteiger partial charge >= 0.3 is 0 Å². The van der Waals surface area contributed by atoms with E-state index < -0.39 is 0 Å². The van der Waals surface area contributed by atoms with Crippen molar-refractivity contribution in [1.82, 2.24) is 4.90 Å². The molecule has 0 aliphatic rings. The highest BCUT2D eigenvalue weighted by Gasteiger charge is 2.10. The summed E-state index contributed by atoms with van der Waals surface area (Å²) in [4.78, 5) is 2.19. The minimum Gasteiger partial charge on any atom is -0.394 e. The second-order valence-electron chi connectivity index (χ2n) is 10.7. The van der Waals surface area contributed by atoms with E-state index in [0.29, 0.717) is 52.9 Å². The molecule has 0 fully saturated rings. The molecular formula is C32H65NO6. The van der Waals surface area contributed by atoms with E-state index in [4.69, 9.17) is 28.8 Å². The second kappa shape index (κ2) is 33.7. The van der Waals surface area contributed by atoms with E-state index >= 15 is 0 Å². The third-order valence-electron chi connectivity index (χ3n) is 6.56. The molecule has 1 atom stereocenters. The summed E-state index contributed by atoms with van der Waals surface area (Å²) in [6.07, 6.45) is 24.4. The number of aliphatic hydroxyl groups excluding tert-OH is 1. The van der Waals surface area contributed by atoms with Crippen molar-refractivity contribution in [3.8, 4) is 0 Å². The number of hydrogen-bond donors (Lipinski definition) is 1. The van der Waals surface area contributed by atoms with Crippen LogP contribution >= 0.6 is 0 Å². The van der Waals surface area contributed by atoms with Crippen LogP contribution in [-0.2, 0) is 23.7 Å². The topological polar surface area (TPSA) is 69.6 Å². The standard InChI is InChI=1S/C32H65NO6/c1-4-5-6-7-8-9-10-11-12-13-14-15-16-17-18-19-23-39-32(20-21-33(2)3)31-38-30-29-37-28-27-36-26-25-35-24-22-34/h11-12,32,34H,4-10,13-31H2,1-3H3/b12-11-. The maximum Gasteiger partial charge on any atom is 0.0820 e. The molecule has 7 nitrogen and oxygen atoms in total. The van der Waals surface area contributed by atoms with Gasteiger partial charge in [-0.3, -0.25) is 0 Å². The molecule has 0 amide bonds. The summed E-state index contributed by atoms with van der Waals surface area (Å²) in [5, 5.41) is 8.63. The zero-order chi connectivity index (χ0) is 28.5. The average molecular weight is 560 g/mol.